The summed E-state index contributed by atoms with van der Waals surface area (Å²) in [5.74, 6) is 1.44. The summed E-state index contributed by atoms with van der Waals surface area (Å²) in [4.78, 5) is 11.3. The van der Waals surface area contributed by atoms with Crippen LogP contribution >= 0.6 is 0 Å². The molecule has 1 unspecified atom stereocenters. The van der Waals surface area contributed by atoms with E-state index in [0.29, 0.717) is 5.78 Å². The molecule has 0 aromatic rings. The van der Waals surface area contributed by atoms with Crippen molar-refractivity contribution in [2.24, 2.45) is 11.8 Å². The smallest absolute Gasteiger partial charge is 0.135 e. The van der Waals surface area contributed by atoms with Crippen LogP contribution in [0.5, 0.6) is 0 Å². The highest BCUT2D eigenvalue weighted by Crippen LogP contribution is 2.14. The summed E-state index contributed by atoms with van der Waals surface area (Å²) in [6.07, 6.45) is 5.64. The summed E-state index contributed by atoms with van der Waals surface area (Å²) in [5, 5.41) is 0. The Hall–Kier alpha value is -0.330. The quantitative estimate of drug-likeness (QED) is 0.588. The molecule has 0 saturated carbocycles. The van der Waals surface area contributed by atoms with Gasteiger partial charge in [0, 0.05) is 12.3 Å². The van der Waals surface area contributed by atoms with E-state index in [0.717, 1.165) is 18.8 Å². The molecule has 1 nitrogen and oxygen atoms in total. The maximum absolute atomic E-state index is 11.3. The van der Waals surface area contributed by atoms with Crippen LogP contribution in [-0.2, 0) is 4.79 Å². The number of ketones is 1. The molecular formula is C12H24O. The predicted molar refractivity (Wildman–Crippen MR) is 57.8 cm³/mol. The van der Waals surface area contributed by atoms with Gasteiger partial charge in [-0.25, -0.2) is 0 Å². The van der Waals surface area contributed by atoms with Crippen molar-refractivity contribution in [2.75, 3.05) is 0 Å². The molecule has 1 atom stereocenters. The van der Waals surface area contributed by atoms with Crippen molar-refractivity contribution in [2.45, 2.75) is 59.8 Å². The van der Waals surface area contributed by atoms with E-state index in [1.54, 1.807) is 0 Å². The number of rotatable bonds is 7. The van der Waals surface area contributed by atoms with E-state index in [2.05, 4.69) is 13.8 Å². The minimum atomic E-state index is 0.224. The Morgan fingerprint density at radius 1 is 1.15 bits per heavy atom. The highest BCUT2D eigenvalue weighted by atomic mass is 16.1. The second kappa shape index (κ2) is 7.11. The molecule has 0 radical (unpaired) electrons. The van der Waals surface area contributed by atoms with Crippen LogP contribution in [0.3, 0.4) is 0 Å². The van der Waals surface area contributed by atoms with Crippen molar-refractivity contribution in [3.05, 3.63) is 0 Å². The summed E-state index contributed by atoms with van der Waals surface area (Å²) >= 11 is 0. The highest BCUT2D eigenvalue weighted by molar-refractivity contribution is 5.80. The lowest BCUT2D eigenvalue weighted by atomic mass is 9.96. The second-order valence-electron chi connectivity index (χ2n) is 4.41. The number of carbonyl (C=O) groups excluding carboxylic acids is 1. The van der Waals surface area contributed by atoms with E-state index in [1.807, 2.05) is 13.8 Å². The molecule has 0 amide bonds. The maximum atomic E-state index is 11.3. The van der Waals surface area contributed by atoms with E-state index >= 15 is 0 Å². The topological polar surface area (TPSA) is 17.1 Å². The number of carbonyl (C=O) groups is 1. The van der Waals surface area contributed by atoms with Crippen LogP contribution in [0.4, 0.5) is 0 Å². The van der Waals surface area contributed by atoms with Gasteiger partial charge in [-0.2, -0.15) is 0 Å². The fraction of sp³-hybridized carbons (Fsp3) is 0.917. The molecule has 0 bridgehead atoms. The Labute approximate surface area is 82.9 Å². The van der Waals surface area contributed by atoms with Crippen molar-refractivity contribution in [1.82, 2.24) is 0 Å². The van der Waals surface area contributed by atoms with Crippen molar-refractivity contribution in [3.63, 3.8) is 0 Å². The average molecular weight is 184 g/mol. The molecular weight excluding hydrogens is 160 g/mol. The van der Waals surface area contributed by atoms with Crippen molar-refractivity contribution in [1.29, 1.82) is 0 Å². The van der Waals surface area contributed by atoms with E-state index in [9.17, 15) is 4.79 Å². The lowest BCUT2D eigenvalue weighted by molar-refractivity contribution is -0.122. The summed E-state index contributed by atoms with van der Waals surface area (Å²) in [6, 6.07) is 0. The van der Waals surface area contributed by atoms with Gasteiger partial charge in [0.15, 0.2) is 0 Å². The van der Waals surface area contributed by atoms with Crippen LogP contribution in [0.2, 0.25) is 0 Å². The van der Waals surface area contributed by atoms with E-state index in [1.165, 1.54) is 19.3 Å². The minimum Gasteiger partial charge on any atom is -0.299 e. The minimum absolute atomic E-state index is 0.224. The van der Waals surface area contributed by atoms with Crippen molar-refractivity contribution in [3.8, 4) is 0 Å². The average Bonchev–Trinajstić information content (AvgIpc) is 2.04. The van der Waals surface area contributed by atoms with Crippen LogP contribution in [0.1, 0.15) is 59.8 Å². The number of hydrogen-bond donors (Lipinski definition) is 0. The second-order valence-corrected chi connectivity index (χ2v) is 4.41. The molecule has 0 aliphatic heterocycles. The molecule has 0 heterocycles. The van der Waals surface area contributed by atoms with E-state index in [4.69, 9.17) is 0 Å². The Bertz CT molecular complexity index is 138. The third kappa shape index (κ3) is 6.80. The molecule has 0 fully saturated rings. The molecule has 0 N–H and O–H groups in total. The Kier molecular flexibility index (Phi) is 6.93. The largest absolute Gasteiger partial charge is 0.299 e. The lowest BCUT2D eigenvalue weighted by Crippen LogP contribution is -2.07. The van der Waals surface area contributed by atoms with Crippen LogP contribution in [-0.4, -0.2) is 5.78 Å². The van der Waals surface area contributed by atoms with Gasteiger partial charge in [0.25, 0.3) is 0 Å². The van der Waals surface area contributed by atoms with Gasteiger partial charge in [-0.1, -0.05) is 47.0 Å². The third-order valence-corrected chi connectivity index (χ3v) is 2.55. The van der Waals surface area contributed by atoms with Gasteiger partial charge < -0.3 is 0 Å². The molecule has 0 spiro atoms. The van der Waals surface area contributed by atoms with E-state index < -0.39 is 0 Å². The van der Waals surface area contributed by atoms with Gasteiger partial charge in [0.1, 0.15) is 5.78 Å². The number of Topliss-reactive ketones (excluding diaryl/α,β-unsaturated/α-hetero) is 1. The summed E-state index contributed by atoms with van der Waals surface area (Å²) in [6.45, 7) is 8.47. The first kappa shape index (κ1) is 12.7. The van der Waals surface area contributed by atoms with Gasteiger partial charge in [0.2, 0.25) is 0 Å². The maximum Gasteiger partial charge on any atom is 0.135 e. The summed E-state index contributed by atoms with van der Waals surface area (Å²) in [5.41, 5.74) is 0. The molecule has 13 heavy (non-hydrogen) atoms. The molecule has 0 rings (SSSR count). The first-order chi connectivity index (χ1) is 6.07. The monoisotopic (exact) mass is 184 g/mol. The Morgan fingerprint density at radius 2 is 1.77 bits per heavy atom. The van der Waals surface area contributed by atoms with Crippen molar-refractivity contribution < 1.29 is 4.79 Å². The zero-order chi connectivity index (χ0) is 10.3. The normalized spacial score (nSPS) is 13.3. The molecule has 1 heteroatoms. The molecule has 0 aliphatic carbocycles. The third-order valence-electron chi connectivity index (χ3n) is 2.55. The molecule has 0 aromatic carbocycles. The van der Waals surface area contributed by atoms with Crippen LogP contribution in [0, 0.1) is 11.8 Å². The van der Waals surface area contributed by atoms with Crippen LogP contribution < -0.4 is 0 Å². The first-order valence-electron chi connectivity index (χ1n) is 5.60. The Morgan fingerprint density at radius 3 is 2.23 bits per heavy atom. The van der Waals surface area contributed by atoms with Crippen molar-refractivity contribution >= 4 is 5.78 Å². The lowest BCUT2D eigenvalue weighted by Gasteiger charge is -2.09. The van der Waals surface area contributed by atoms with Gasteiger partial charge >= 0.3 is 0 Å². The first-order valence-corrected chi connectivity index (χ1v) is 5.60. The summed E-state index contributed by atoms with van der Waals surface area (Å²) < 4.78 is 0. The zero-order valence-corrected chi connectivity index (χ0v) is 9.60. The number of hydrogen-bond acceptors (Lipinski definition) is 1. The highest BCUT2D eigenvalue weighted by Gasteiger charge is 2.07. The molecule has 0 aliphatic rings. The SMILES string of the molecule is CCCC(C)CCCC(=O)C(C)C. The van der Waals surface area contributed by atoms with Gasteiger partial charge in [0.05, 0.1) is 0 Å². The zero-order valence-electron chi connectivity index (χ0n) is 9.60. The van der Waals surface area contributed by atoms with Gasteiger partial charge in [-0.15, -0.1) is 0 Å². The van der Waals surface area contributed by atoms with Gasteiger partial charge in [-0.3, -0.25) is 4.79 Å². The standard InChI is InChI=1S/C12H24O/c1-5-7-11(4)8-6-9-12(13)10(2)3/h10-11H,5-9H2,1-4H3. The predicted octanol–water partition coefficient (Wildman–Crippen LogP) is 3.82. The fourth-order valence-corrected chi connectivity index (χ4v) is 1.55. The molecule has 0 saturated heterocycles. The molecule has 0 aromatic heterocycles. The van der Waals surface area contributed by atoms with Gasteiger partial charge in [-0.05, 0) is 12.3 Å². The van der Waals surface area contributed by atoms with Crippen LogP contribution in [0.15, 0.2) is 0 Å². The van der Waals surface area contributed by atoms with Crippen LogP contribution in [0.25, 0.3) is 0 Å². The molecule has 78 valence electrons. The van der Waals surface area contributed by atoms with E-state index in [-0.39, 0.29) is 5.92 Å². The fourth-order valence-electron chi connectivity index (χ4n) is 1.55. The summed E-state index contributed by atoms with van der Waals surface area (Å²) in [7, 11) is 0. The Balaban J connectivity index is 3.39.